The van der Waals surface area contributed by atoms with Gasteiger partial charge < -0.3 is 45.2 Å². The Morgan fingerprint density at radius 3 is 1.23 bits per heavy atom. The fourth-order valence-corrected chi connectivity index (χ4v) is 19.4. The SMILES string of the molecule is CCN1CCC(NCCC(c2nc3ccccc3c(=O)n2-c2ccc(F)cc2)N(CCN(C)C)C(=O)Cc2ccc(C(F)(F)F)c(F)c2)CC1.CCOc1ccc(-n2c(C(CCNS(=O)(=O)c3c(C)nn(C)c3Cl)N(Cc3cccnc3)C(=O)Cc3ccc(C(F)(F)F)c(F)c3)nc3ccccc3c2=O)cc1.CN(C)CCN(C(=O)Cc1ccc(C(F)(F)F)c(F)c1)C(CCN)c1nc2ccccc2c(=O)n1-c1ccc(F)cc1. The molecule has 149 heavy (non-hydrogen) atoms. The van der Waals surface area contributed by atoms with Crippen LogP contribution in [0.3, 0.4) is 0 Å². The van der Waals surface area contributed by atoms with Gasteiger partial charge in [-0.2, -0.15) is 44.6 Å². The van der Waals surface area contributed by atoms with Crippen molar-refractivity contribution in [2.24, 2.45) is 12.8 Å². The van der Waals surface area contributed by atoms with Crippen LogP contribution in [0.15, 0.2) is 244 Å². The molecule has 14 aromatic rings. The van der Waals surface area contributed by atoms with E-state index in [1.165, 1.54) is 103 Å². The van der Waals surface area contributed by atoms with E-state index >= 15 is 0 Å². The Bertz CT molecular complexity index is 7380. The number of amides is 3. The van der Waals surface area contributed by atoms with E-state index in [1.54, 1.807) is 128 Å². The molecule has 0 saturated carbocycles. The lowest BCUT2D eigenvalue weighted by molar-refractivity contribution is -0.140. The largest absolute Gasteiger partial charge is 0.494 e. The van der Waals surface area contributed by atoms with Gasteiger partial charge in [-0.3, -0.25) is 52.1 Å². The van der Waals surface area contributed by atoms with Gasteiger partial charge in [-0.1, -0.05) is 79.2 Å². The fraction of sp³-hybridized carbons (Fsp3) is 0.330. The molecule has 9 aromatic carbocycles. The van der Waals surface area contributed by atoms with Gasteiger partial charge in [0.05, 0.1) is 116 Å². The minimum Gasteiger partial charge on any atom is -0.494 e. The molecule has 0 radical (unpaired) electrons. The summed E-state index contributed by atoms with van der Waals surface area (Å²) >= 11 is 6.31. The first-order chi connectivity index (χ1) is 70.8. The van der Waals surface area contributed by atoms with Gasteiger partial charge >= 0.3 is 18.5 Å². The molecule has 15 rings (SSSR count). The number of sulfonamides is 1. The highest BCUT2D eigenvalue weighted by Gasteiger charge is 2.41. The monoisotopic (exact) mass is 2110 g/mol. The van der Waals surface area contributed by atoms with Crippen LogP contribution in [0.25, 0.3) is 49.8 Å². The van der Waals surface area contributed by atoms with Gasteiger partial charge in [0.15, 0.2) is 0 Å². The Morgan fingerprint density at radius 1 is 0.497 bits per heavy atom. The molecule has 4 N–H and O–H groups in total. The van der Waals surface area contributed by atoms with Crippen LogP contribution in [-0.4, -0.2) is 205 Å². The second-order valence-corrected chi connectivity index (χ2v) is 38.0. The number of hydrogen-bond acceptors (Lipinski definition) is 19. The molecule has 6 heterocycles. The van der Waals surface area contributed by atoms with Crippen molar-refractivity contribution in [3.8, 4) is 22.8 Å². The van der Waals surface area contributed by atoms with Gasteiger partial charge in [0.25, 0.3) is 16.7 Å². The molecule has 788 valence electrons. The molecule has 0 spiro atoms. The van der Waals surface area contributed by atoms with Gasteiger partial charge in [0.1, 0.15) is 62.4 Å². The second-order valence-electron chi connectivity index (χ2n) is 36.0. The van der Waals surface area contributed by atoms with Crippen molar-refractivity contribution >= 4 is 72.1 Å². The summed E-state index contributed by atoms with van der Waals surface area (Å²) in [6, 6.07) is 45.2. The van der Waals surface area contributed by atoms with Gasteiger partial charge in [0, 0.05) is 64.8 Å². The average molecular weight is 2110 g/mol. The maximum atomic E-state index is 14.8. The smallest absolute Gasteiger partial charge is 0.419 e. The molecule has 0 bridgehead atoms. The third kappa shape index (κ3) is 28.0. The number of nitrogens with zero attached hydrogens (tertiary/aromatic N) is 15. The summed E-state index contributed by atoms with van der Waals surface area (Å²) in [5.41, 5.74) is 3.17. The van der Waals surface area contributed by atoms with E-state index in [1.807, 2.05) is 30.8 Å². The van der Waals surface area contributed by atoms with Gasteiger partial charge in [-0.05, 0) is 281 Å². The molecular weight excluding hydrogens is 2000 g/mol. The summed E-state index contributed by atoms with van der Waals surface area (Å²) in [5, 5.41) is 8.49. The normalized spacial score (nSPS) is 13.4. The van der Waals surface area contributed by atoms with Crippen LogP contribution in [0.1, 0.15) is 126 Å². The number of aryl methyl sites for hydroxylation is 2. The molecule has 5 aromatic heterocycles. The highest BCUT2D eigenvalue weighted by molar-refractivity contribution is 7.89. The lowest BCUT2D eigenvalue weighted by atomic mass is 10.0. The molecule has 3 atom stereocenters. The molecule has 1 aliphatic heterocycles. The second kappa shape index (κ2) is 49.4. The van der Waals surface area contributed by atoms with Crippen molar-refractivity contribution in [3.05, 3.63) is 352 Å². The van der Waals surface area contributed by atoms with Crippen molar-refractivity contribution in [1.82, 2.24) is 82.9 Å². The Hall–Kier alpha value is -14.0. The van der Waals surface area contributed by atoms with Crippen LogP contribution in [0, 0.1) is 36.0 Å². The molecule has 1 saturated heterocycles. The highest BCUT2D eigenvalue weighted by Crippen LogP contribution is 2.39. The Labute approximate surface area is 853 Å². The number of pyridine rings is 1. The molecular formula is C106H109ClF14N18O9S. The quantitative estimate of drug-likeness (QED) is 0.0305. The van der Waals surface area contributed by atoms with E-state index in [9.17, 15) is 98.7 Å². The van der Waals surface area contributed by atoms with Crippen LogP contribution < -0.4 is 37.2 Å². The summed E-state index contributed by atoms with van der Waals surface area (Å²) in [6.45, 7) is 9.93. The summed E-state index contributed by atoms with van der Waals surface area (Å²) < 4.78 is 232. The number of nitrogens with two attached hydrogens (primary N) is 1. The lowest BCUT2D eigenvalue weighted by Crippen LogP contribution is -2.45. The zero-order valence-electron chi connectivity index (χ0n) is 82.4. The Kier molecular flexibility index (Phi) is 37.2. The number of halogens is 15. The third-order valence-corrected chi connectivity index (χ3v) is 27.3. The number of fused-ring (bicyclic) bond motifs is 3. The van der Waals surface area contributed by atoms with E-state index < -0.39 is 140 Å². The van der Waals surface area contributed by atoms with E-state index in [0.29, 0.717) is 113 Å². The van der Waals surface area contributed by atoms with Crippen molar-refractivity contribution in [3.63, 3.8) is 0 Å². The molecule has 3 amide bonds. The van der Waals surface area contributed by atoms with Crippen LogP contribution in [0.5, 0.6) is 5.75 Å². The number of piperidine rings is 1. The minimum atomic E-state index is -4.96. The number of benzene rings is 9. The van der Waals surface area contributed by atoms with E-state index in [2.05, 4.69) is 31.9 Å². The number of hydrogen-bond donors (Lipinski definition) is 3. The maximum absolute atomic E-state index is 14.8. The zero-order chi connectivity index (χ0) is 108. The Morgan fingerprint density at radius 2 is 0.879 bits per heavy atom. The zero-order valence-corrected chi connectivity index (χ0v) is 83.9. The van der Waals surface area contributed by atoms with Crippen LogP contribution in [0.4, 0.5) is 61.5 Å². The summed E-state index contributed by atoms with van der Waals surface area (Å²) in [7, 11) is 4.49. The number of rotatable bonds is 37. The van der Waals surface area contributed by atoms with Crippen LogP contribution >= 0.6 is 11.6 Å². The Balaban J connectivity index is 0.000000189. The molecule has 3 unspecified atom stereocenters. The van der Waals surface area contributed by atoms with Crippen molar-refractivity contribution in [2.75, 3.05) is 100 Å². The molecule has 27 nitrogen and oxygen atoms in total. The van der Waals surface area contributed by atoms with E-state index in [-0.39, 0.29) is 119 Å². The third-order valence-electron chi connectivity index (χ3n) is 25.1. The topological polar surface area (TPSA) is 299 Å². The van der Waals surface area contributed by atoms with E-state index in [4.69, 9.17) is 37.0 Å². The first-order valence-corrected chi connectivity index (χ1v) is 49.5. The number of likely N-dealkylation sites (tertiary alicyclic amines) is 1. The van der Waals surface area contributed by atoms with Crippen molar-refractivity contribution in [1.29, 1.82) is 0 Å². The van der Waals surface area contributed by atoms with Gasteiger partial charge in [-0.15, -0.1) is 0 Å². The number of ether oxygens (including phenoxy) is 1. The predicted octanol–water partition coefficient (Wildman–Crippen LogP) is 17.2. The number of likely N-dealkylation sites (N-methyl/N-ethyl adjacent to an activating group) is 2. The first-order valence-electron chi connectivity index (χ1n) is 47.6. The number of carbonyl (C=O) groups is 3. The van der Waals surface area contributed by atoms with Crippen molar-refractivity contribution < 1.29 is 89.0 Å². The van der Waals surface area contributed by atoms with E-state index in [0.717, 1.165) is 56.7 Å². The predicted molar refractivity (Wildman–Crippen MR) is 536 cm³/mol. The minimum absolute atomic E-state index is 0.0356. The summed E-state index contributed by atoms with van der Waals surface area (Å²) in [4.78, 5) is 114. The average Bonchev–Trinajstić information content (AvgIpc) is 1.67. The number of aromatic nitrogens is 9. The number of para-hydroxylation sites is 3. The number of nitrogens with one attached hydrogen (secondary N) is 2. The molecule has 43 heteroatoms. The maximum Gasteiger partial charge on any atom is 0.419 e. The van der Waals surface area contributed by atoms with Crippen molar-refractivity contribution in [2.45, 2.75) is 126 Å². The van der Waals surface area contributed by atoms with Gasteiger partial charge in [-0.25, -0.2) is 50.0 Å². The number of alkyl halides is 9. The van der Waals surface area contributed by atoms with Crippen LogP contribution in [0.2, 0.25) is 5.15 Å². The molecule has 1 aliphatic rings. The first kappa shape index (κ1) is 112. The lowest BCUT2D eigenvalue weighted by Gasteiger charge is -2.35. The van der Waals surface area contributed by atoms with Crippen LogP contribution in [-0.2, 0) is 75.8 Å². The van der Waals surface area contributed by atoms with Gasteiger partial charge in [0.2, 0.25) is 27.7 Å². The standard InChI is InChI=1S/C39H36ClF4N7O5S.C37H43F5N6O2.C30H30F5N5O2/c1-4-56-28-14-12-27(13-15-28)51-37(47-32-10-6-5-9-29(32)38(51)53)33(17-19-46-57(54,55)35-24(2)48-49(3)36(35)40)50(23-26-8-7-18-45-22-26)34(52)21-25-11-16-30(31(41)20-25)39(42,43)44;1-4-46-19-16-27(17-20-46)43-18-15-33(35-44-32-8-6-5-7-29(32)36(50)48(35)28-12-10-26(38)11-13-28)47(22-21-45(2)3)34(49)24-25-9-14-30(31(39)23-25)37(40,41)42;1-38(2)15-16-39(27(41)18-19-7-12-23(24(32)17-19)30(33,34)35)26(13-14-36)28-37-25-6-4-3-5-22(25)29(42)40(28)21-10-8-20(31)9-11-21/h5-16,18,20,22,33,46H,4,17,19,21,23H2,1-3H3;5-14,23,27,33,43H,4,15-22,24H2,1-3H3;3-12,17,26H,13-16,18,36H2,1-2H3. The summed E-state index contributed by atoms with van der Waals surface area (Å²) in [5.74, 6) is -6.18. The highest BCUT2D eigenvalue weighted by atomic mass is 35.5. The molecule has 1 fully saturated rings. The number of carbonyl (C=O) groups excluding carboxylic acids is 3. The molecule has 0 aliphatic carbocycles. The summed E-state index contributed by atoms with van der Waals surface area (Å²) in [6.07, 6.45) is -10.8. The fourth-order valence-electron chi connectivity index (χ4n) is 17.6.